The molecule has 2 aliphatic carbocycles. The van der Waals surface area contributed by atoms with Crippen LogP contribution in [0.2, 0.25) is 0 Å². The fraction of sp³-hybridized carbons (Fsp3) is 0.500. The van der Waals surface area contributed by atoms with Crippen LogP contribution in [0.1, 0.15) is 67.2 Å². The fourth-order valence-corrected chi connectivity index (χ4v) is 5.18. The first-order chi connectivity index (χ1) is 18.5. The minimum Gasteiger partial charge on any atom is -0.339 e. The Morgan fingerprint density at radius 3 is 2.44 bits per heavy atom. The van der Waals surface area contributed by atoms with Crippen LogP contribution in [0.15, 0.2) is 41.7 Å². The van der Waals surface area contributed by atoms with E-state index in [-0.39, 0.29) is 17.6 Å². The zero-order valence-corrected chi connectivity index (χ0v) is 21.5. The van der Waals surface area contributed by atoms with Crippen molar-refractivity contribution >= 4 is 17.5 Å². The molecule has 0 spiro atoms. The molecule has 2 fully saturated rings. The van der Waals surface area contributed by atoms with E-state index < -0.39 is 47.3 Å². The van der Waals surface area contributed by atoms with E-state index in [1.165, 1.54) is 12.4 Å². The Morgan fingerprint density at radius 2 is 1.82 bits per heavy atom. The molecule has 3 aromatic heterocycles. The zero-order chi connectivity index (χ0) is 27.9. The van der Waals surface area contributed by atoms with Crippen molar-refractivity contribution in [2.45, 2.75) is 64.3 Å². The van der Waals surface area contributed by atoms with Gasteiger partial charge in [0.05, 0.1) is 29.6 Å². The summed E-state index contributed by atoms with van der Waals surface area (Å²) in [5, 5.41) is 14.0. The van der Waals surface area contributed by atoms with Gasteiger partial charge in [0.1, 0.15) is 11.7 Å². The van der Waals surface area contributed by atoms with Gasteiger partial charge >= 0.3 is 6.18 Å². The first-order valence-corrected chi connectivity index (χ1v) is 13.0. The Morgan fingerprint density at radius 1 is 1.13 bits per heavy atom. The summed E-state index contributed by atoms with van der Waals surface area (Å²) in [6.45, 7) is 3.38. The Labute approximate surface area is 222 Å². The molecule has 2 amide bonds. The first-order valence-electron chi connectivity index (χ1n) is 13.0. The maximum absolute atomic E-state index is 13.6. The maximum Gasteiger partial charge on any atom is 0.416 e. The summed E-state index contributed by atoms with van der Waals surface area (Å²) in [6, 6.07) is 1.57. The number of rotatable bonds is 10. The van der Waals surface area contributed by atoms with E-state index >= 15 is 0 Å². The van der Waals surface area contributed by atoms with Crippen molar-refractivity contribution in [1.82, 2.24) is 29.9 Å². The second-order valence-electron chi connectivity index (χ2n) is 10.6. The van der Waals surface area contributed by atoms with Gasteiger partial charge in [-0.05, 0) is 69.4 Å². The van der Waals surface area contributed by atoms with Crippen LogP contribution in [0.5, 0.6) is 0 Å². The van der Waals surface area contributed by atoms with Crippen LogP contribution in [0, 0.1) is 17.8 Å². The Hall–Kier alpha value is -3.90. The highest BCUT2D eigenvalue weighted by molar-refractivity contribution is 6.00. The third-order valence-electron chi connectivity index (χ3n) is 7.27. The largest absolute Gasteiger partial charge is 0.416 e. The van der Waals surface area contributed by atoms with Crippen LogP contribution >= 0.6 is 0 Å². The normalized spacial score (nSPS) is 16.5. The number of carbonyl (C=O) groups excluding carboxylic acids is 2. The van der Waals surface area contributed by atoms with Crippen LogP contribution in [-0.4, -0.2) is 42.4 Å². The number of aromatic nitrogens is 5. The summed E-state index contributed by atoms with van der Waals surface area (Å²) in [5.41, 5.74) is -1.80. The third kappa shape index (κ3) is 5.91. The zero-order valence-electron chi connectivity index (χ0n) is 21.5. The van der Waals surface area contributed by atoms with Crippen molar-refractivity contribution in [3.8, 4) is 0 Å². The summed E-state index contributed by atoms with van der Waals surface area (Å²) in [6.07, 6.45) is 4.43. The lowest BCUT2D eigenvalue weighted by Crippen LogP contribution is -2.50. The molecule has 13 heteroatoms. The van der Waals surface area contributed by atoms with E-state index in [0.717, 1.165) is 42.6 Å². The van der Waals surface area contributed by atoms with Crippen molar-refractivity contribution in [1.29, 1.82) is 0 Å². The van der Waals surface area contributed by atoms with Crippen LogP contribution in [0.25, 0.3) is 0 Å². The third-order valence-corrected chi connectivity index (χ3v) is 7.27. The number of H-pyrrole nitrogens is 1. The van der Waals surface area contributed by atoms with Gasteiger partial charge < -0.3 is 15.6 Å². The molecule has 0 unspecified atom stereocenters. The lowest BCUT2D eigenvalue weighted by Gasteiger charge is -2.27. The van der Waals surface area contributed by atoms with Crippen LogP contribution in [-0.2, 0) is 17.5 Å². The van der Waals surface area contributed by atoms with Crippen LogP contribution in [0.4, 0.5) is 18.9 Å². The van der Waals surface area contributed by atoms with Gasteiger partial charge in [0.25, 0.3) is 11.5 Å². The van der Waals surface area contributed by atoms with Crippen LogP contribution < -0.4 is 16.2 Å². The van der Waals surface area contributed by atoms with Crippen LogP contribution in [0.3, 0.4) is 0 Å². The molecule has 0 aliphatic heterocycles. The number of pyridine rings is 1. The Bertz CT molecular complexity index is 1400. The number of nitrogens with one attached hydrogen (secondary N) is 3. The summed E-state index contributed by atoms with van der Waals surface area (Å²) in [4.78, 5) is 41.2. The van der Waals surface area contributed by atoms with Gasteiger partial charge in [-0.3, -0.25) is 23.7 Å². The van der Waals surface area contributed by atoms with Crippen molar-refractivity contribution in [2.75, 3.05) is 5.32 Å². The lowest BCUT2D eigenvalue weighted by molar-refractivity contribution is -0.138. The van der Waals surface area contributed by atoms with E-state index in [1.54, 1.807) is 16.9 Å². The van der Waals surface area contributed by atoms with Gasteiger partial charge in [0.15, 0.2) is 0 Å². The number of hydrogen-bond acceptors (Lipinski definition) is 5. The molecule has 1 atom stereocenters. The average Bonchev–Trinajstić information content (AvgIpc) is 3.79. The molecular weight excluding hydrogens is 515 g/mol. The molecule has 0 saturated heterocycles. The highest BCUT2D eigenvalue weighted by Gasteiger charge is 2.48. The summed E-state index contributed by atoms with van der Waals surface area (Å²) in [5.74, 6) is -0.146. The molecule has 0 aromatic carbocycles. The molecule has 3 N–H and O–H groups in total. The topological polar surface area (TPSA) is 127 Å². The minimum atomic E-state index is -4.70. The number of alkyl halides is 3. The molecule has 2 saturated carbocycles. The number of amides is 2. The number of nitrogens with zero attached hydrogens (tertiary/aromatic N) is 4. The molecule has 208 valence electrons. The summed E-state index contributed by atoms with van der Waals surface area (Å²) in [7, 11) is 0. The van der Waals surface area contributed by atoms with Gasteiger partial charge in [-0.25, -0.2) is 0 Å². The number of halogens is 3. The van der Waals surface area contributed by atoms with Gasteiger partial charge in [-0.1, -0.05) is 0 Å². The highest BCUT2D eigenvalue weighted by atomic mass is 19.4. The second-order valence-corrected chi connectivity index (χ2v) is 10.6. The van der Waals surface area contributed by atoms with E-state index in [9.17, 15) is 27.6 Å². The van der Waals surface area contributed by atoms with E-state index in [1.807, 2.05) is 13.8 Å². The van der Waals surface area contributed by atoms with Gasteiger partial charge in [-0.15, -0.1) is 0 Å². The van der Waals surface area contributed by atoms with Gasteiger partial charge in [-0.2, -0.15) is 23.4 Å². The number of hydrogen-bond donors (Lipinski definition) is 3. The second kappa shape index (κ2) is 10.3. The number of anilines is 1. The molecule has 0 radical (unpaired) electrons. The van der Waals surface area contributed by atoms with E-state index in [0.29, 0.717) is 17.5 Å². The molecule has 10 nitrogen and oxygen atoms in total. The predicted molar refractivity (Wildman–Crippen MR) is 135 cm³/mol. The van der Waals surface area contributed by atoms with Gasteiger partial charge in [0, 0.05) is 24.6 Å². The summed E-state index contributed by atoms with van der Waals surface area (Å²) < 4.78 is 43.0. The fourth-order valence-electron chi connectivity index (χ4n) is 5.18. The predicted octanol–water partition coefficient (Wildman–Crippen LogP) is 3.59. The van der Waals surface area contributed by atoms with Crippen molar-refractivity contribution < 1.29 is 22.8 Å². The molecule has 0 bridgehead atoms. The quantitative estimate of drug-likeness (QED) is 0.359. The number of carbonyl (C=O) groups is 2. The van der Waals surface area contributed by atoms with E-state index in [2.05, 4.69) is 25.8 Å². The van der Waals surface area contributed by atoms with Crippen molar-refractivity contribution in [2.24, 2.45) is 17.8 Å². The smallest absolute Gasteiger partial charge is 0.339 e. The molecule has 5 rings (SSSR count). The first kappa shape index (κ1) is 26.7. The van der Waals surface area contributed by atoms with Gasteiger partial charge in [0.2, 0.25) is 5.91 Å². The molecule has 3 aromatic rings. The Kier molecular flexibility index (Phi) is 7.08. The molecule has 39 heavy (non-hydrogen) atoms. The monoisotopic (exact) mass is 545 g/mol. The number of aromatic amines is 1. The Balaban J connectivity index is 1.35. The van der Waals surface area contributed by atoms with E-state index in [4.69, 9.17) is 0 Å². The molecular formula is C26H30F3N7O3. The molecule has 2 aliphatic rings. The maximum atomic E-state index is 13.6. The highest BCUT2D eigenvalue weighted by Crippen LogP contribution is 2.51. The standard InChI is InChI=1S/C26H30F3N7O3/c1-14(2)36-20(8-10-31-36)24(38)34-22(21(15-3-4-15)16-5-6-16)25(39)33-17-11-32-35(12-17)13-18-19(26(27,28)29)7-9-30-23(18)37/h7-12,14-16,21-22H,3-6,13H2,1-2H3,(H,30,37)(H,33,39)(H,34,38)/t22-/m0/s1. The summed E-state index contributed by atoms with van der Waals surface area (Å²) >= 11 is 0. The molecule has 3 heterocycles. The SMILES string of the molecule is CC(C)n1nccc1C(=O)N[C@H](C(=O)Nc1cnn(Cc2c(C(F)(F)F)cc[nH]c2=O)c1)C(C1CC1)C1CC1. The average molecular weight is 546 g/mol. The lowest BCUT2D eigenvalue weighted by atomic mass is 9.88. The minimum absolute atomic E-state index is 0.0170. The van der Waals surface area contributed by atoms with Crippen molar-refractivity contribution in [3.05, 3.63) is 64.1 Å². The van der Waals surface area contributed by atoms with Crippen molar-refractivity contribution in [3.63, 3.8) is 0 Å².